The molecule has 0 aromatic carbocycles. The van der Waals surface area contributed by atoms with Crippen molar-refractivity contribution >= 4 is 17.2 Å². The Kier molecular flexibility index (Phi) is 4.50. The maximum atomic E-state index is 11.9. The van der Waals surface area contributed by atoms with Gasteiger partial charge in [-0.25, -0.2) is 0 Å². The predicted octanol–water partition coefficient (Wildman–Crippen LogP) is 2.20. The molecule has 1 aromatic heterocycles. The molecule has 0 bridgehead atoms. The number of carbonyl (C=O) groups excluding carboxylic acids is 1. The normalized spacial score (nSPS) is 11.5. The van der Waals surface area contributed by atoms with Gasteiger partial charge < -0.3 is 10.4 Å². The predicted molar refractivity (Wildman–Crippen MR) is 66.9 cm³/mol. The minimum Gasteiger partial charge on any atom is -0.396 e. The third kappa shape index (κ3) is 3.61. The third-order valence-electron chi connectivity index (χ3n) is 2.42. The van der Waals surface area contributed by atoms with E-state index in [1.54, 1.807) is 0 Å². The lowest BCUT2D eigenvalue weighted by molar-refractivity contribution is 0.0904. The fourth-order valence-electron chi connectivity index (χ4n) is 1.40. The second kappa shape index (κ2) is 5.46. The Bertz CT molecular complexity index is 358. The number of thiophene rings is 1. The molecule has 0 spiro atoms. The van der Waals surface area contributed by atoms with Crippen LogP contribution in [0.3, 0.4) is 0 Å². The third-order valence-corrected chi connectivity index (χ3v) is 3.65. The van der Waals surface area contributed by atoms with Gasteiger partial charge in [0.1, 0.15) is 0 Å². The lowest BCUT2D eigenvalue weighted by Crippen LogP contribution is -2.43. The highest BCUT2D eigenvalue weighted by molar-refractivity contribution is 7.14. The number of carbonyl (C=O) groups is 1. The van der Waals surface area contributed by atoms with Crippen LogP contribution in [0.15, 0.2) is 12.1 Å². The van der Waals surface area contributed by atoms with Crippen molar-refractivity contribution in [1.29, 1.82) is 0 Å². The van der Waals surface area contributed by atoms with Crippen LogP contribution in [0.5, 0.6) is 0 Å². The summed E-state index contributed by atoms with van der Waals surface area (Å²) >= 11 is 1.53. The molecular weight excluding hydrogens is 222 g/mol. The van der Waals surface area contributed by atoms with Crippen molar-refractivity contribution in [3.05, 3.63) is 21.9 Å². The molecule has 0 aliphatic rings. The van der Waals surface area contributed by atoms with Gasteiger partial charge in [0.05, 0.1) is 4.88 Å². The Labute approximate surface area is 100 Å². The average molecular weight is 241 g/mol. The molecule has 1 heterocycles. The van der Waals surface area contributed by atoms with Crippen molar-refractivity contribution in [3.63, 3.8) is 0 Å². The van der Waals surface area contributed by atoms with Gasteiger partial charge in [-0.3, -0.25) is 4.79 Å². The zero-order chi connectivity index (χ0) is 12.2. The number of aliphatic hydroxyl groups excluding tert-OH is 1. The van der Waals surface area contributed by atoms with E-state index in [2.05, 4.69) is 12.2 Å². The van der Waals surface area contributed by atoms with Gasteiger partial charge >= 0.3 is 0 Å². The minimum absolute atomic E-state index is 0.0526. The van der Waals surface area contributed by atoms with E-state index in [1.807, 2.05) is 26.0 Å². The van der Waals surface area contributed by atoms with E-state index in [9.17, 15) is 4.79 Å². The molecule has 1 aromatic rings. The van der Waals surface area contributed by atoms with E-state index in [-0.39, 0.29) is 18.1 Å². The highest BCUT2D eigenvalue weighted by atomic mass is 32.1. The fourth-order valence-corrected chi connectivity index (χ4v) is 2.24. The highest BCUT2D eigenvalue weighted by Gasteiger charge is 2.21. The summed E-state index contributed by atoms with van der Waals surface area (Å²) < 4.78 is 0. The number of aliphatic hydroxyl groups is 1. The van der Waals surface area contributed by atoms with Crippen LogP contribution in [0.4, 0.5) is 0 Å². The molecule has 0 aliphatic heterocycles. The van der Waals surface area contributed by atoms with Crippen LogP contribution in [-0.2, 0) is 6.42 Å². The monoisotopic (exact) mass is 241 g/mol. The van der Waals surface area contributed by atoms with E-state index in [0.717, 1.165) is 11.3 Å². The van der Waals surface area contributed by atoms with E-state index >= 15 is 0 Å². The Morgan fingerprint density at radius 2 is 2.19 bits per heavy atom. The molecule has 0 saturated heterocycles. The van der Waals surface area contributed by atoms with Crippen molar-refractivity contribution < 1.29 is 9.90 Å². The van der Waals surface area contributed by atoms with Gasteiger partial charge in [-0.05, 0) is 38.8 Å². The Morgan fingerprint density at radius 3 is 2.69 bits per heavy atom. The minimum atomic E-state index is -0.359. The zero-order valence-corrected chi connectivity index (χ0v) is 10.9. The number of aryl methyl sites for hydroxylation is 1. The summed E-state index contributed by atoms with van der Waals surface area (Å²) in [6, 6.07) is 3.84. The molecule has 90 valence electrons. The van der Waals surface area contributed by atoms with Crippen molar-refractivity contribution in [2.24, 2.45) is 0 Å². The van der Waals surface area contributed by atoms with Gasteiger partial charge in [-0.1, -0.05) is 6.92 Å². The lowest BCUT2D eigenvalue weighted by Gasteiger charge is -2.24. The Morgan fingerprint density at radius 1 is 1.50 bits per heavy atom. The summed E-state index contributed by atoms with van der Waals surface area (Å²) in [4.78, 5) is 13.8. The molecule has 0 aliphatic carbocycles. The van der Waals surface area contributed by atoms with Gasteiger partial charge in [-0.2, -0.15) is 0 Å². The van der Waals surface area contributed by atoms with Crippen molar-refractivity contribution in [2.45, 2.75) is 39.2 Å². The maximum Gasteiger partial charge on any atom is 0.261 e. The van der Waals surface area contributed by atoms with Gasteiger partial charge in [0, 0.05) is 17.0 Å². The van der Waals surface area contributed by atoms with E-state index in [0.29, 0.717) is 6.42 Å². The smallest absolute Gasteiger partial charge is 0.261 e. The molecule has 0 atom stereocenters. The van der Waals surface area contributed by atoms with Gasteiger partial charge in [0.15, 0.2) is 0 Å². The fraction of sp³-hybridized carbons (Fsp3) is 0.583. The largest absolute Gasteiger partial charge is 0.396 e. The first-order valence-electron chi connectivity index (χ1n) is 5.50. The summed E-state index contributed by atoms with van der Waals surface area (Å²) in [5, 5.41) is 11.8. The molecule has 3 nitrogen and oxygen atoms in total. The summed E-state index contributed by atoms with van der Waals surface area (Å²) in [7, 11) is 0. The first kappa shape index (κ1) is 13.2. The quantitative estimate of drug-likeness (QED) is 0.830. The highest BCUT2D eigenvalue weighted by Crippen LogP contribution is 2.18. The van der Waals surface area contributed by atoms with Crippen LogP contribution in [0.25, 0.3) is 0 Å². The second-order valence-corrected chi connectivity index (χ2v) is 5.60. The molecule has 1 amide bonds. The second-order valence-electron chi connectivity index (χ2n) is 4.43. The number of rotatable bonds is 5. The molecular formula is C12H19NO2S. The maximum absolute atomic E-state index is 11.9. The van der Waals surface area contributed by atoms with Gasteiger partial charge in [-0.15, -0.1) is 11.3 Å². The topological polar surface area (TPSA) is 49.3 Å². The molecule has 16 heavy (non-hydrogen) atoms. The molecule has 0 unspecified atom stereocenters. The van der Waals surface area contributed by atoms with E-state index in [4.69, 9.17) is 5.11 Å². The van der Waals surface area contributed by atoms with Crippen molar-refractivity contribution in [2.75, 3.05) is 6.61 Å². The molecule has 4 heteroatoms. The first-order chi connectivity index (χ1) is 7.48. The summed E-state index contributed by atoms with van der Waals surface area (Å²) in [6.45, 7) is 5.98. The van der Waals surface area contributed by atoms with Crippen LogP contribution in [0.2, 0.25) is 0 Å². The molecule has 0 radical (unpaired) electrons. The van der Waals surface area contributed by atoms with E-state index in [1.165, 1.54) is 16.2 Å². The molecule has 0 fully saturated rings. The van der Waals surface area contributed by atoms with Crippen LogP contribution < -0.4 is 5.32 Å². The average Bonchev–Trinajstić information content (AvgIpc) is 2.64. The molecule has 0 saturated carbocycles. The van der Waals surface area contributed by atoms with Crippen molar-refractivity contribution in [3.8, 4) is 0 Å². The zero-order valence-electron chi connectivity index (χ0n) is 10.0. The Hall–Kier alpha value is -0.870. The summed E-state index contributed by atoms with van der Waals surface area (Å²) in [5.41, 5.74) is -0.359. The first-order valence-corrected chi connectivity index (χ1v) is 6.32. The lowest BCUT2D eigenvalue weighted by atomic mass is 10.0. The van der Waals surface area contributed by atoms with Crippen LogP contribution in [0.1, 0.15) is 41.7 Å². The summed E-state index contributed by atoms with van der Waals surface area (Å²) in [6.07, 6.45) is 1.52. The van der Waals surface area contributed by atoms with Crippen molar-refractivity contribution in [1.82, 2.24) is 5.32 Å². The van der Waals surface area contributed by atoms with E-state index < -0.39 is 0 Å². The Balaban J connectivity index is 2.65. The SMILES string of the molecule is CCc1ccc(C(=O)NC(C)(C)CCO)s1. The molecule has 1 rings (SSSR count). The van der Waals surface area contributed by atoms with Crippen LogP contribution in [-0.4, -0.2) is 23.2 Å². The van der Waals surface area contributed by atoms with Crippen LogP contribution in [0, 0.1) is 0 Å². The standard InChI is InChI=1S/C12H19NO2S/c1-4-9-5-6-10(16-9)11(15)13-12(2,3)7-8-14/h5-6,14H,4,7-8H2,1-3H3,(H,13,15). The van der Waals surface area contributed by atoms with Gasteiger partial charge in [0.2, 0.25) is 0 Å². The summed E-state index contributed by atoms with van der Waals surface area (Å²) in [5.74, 6) is -0.0526. The van der Waals surface area contributed by atoms with Gasteiger partial charge in [0.25, 0.3) is 5.91 Å². The number of nitrogens with one attached hydrogen (secondary N) is 1. The number of hydrogen-bond donors (Lipinski definition) is 2. The van der Waals surface area contributed by atoms with Crippen LogP contribution >= 0.6 is 11.3 Å². The number of hydrogen-bond acceptors (Lipinski definition) is 3. The number of amides is 1. The molecule has 2 N–H and O–H groups in total.